The molecule has 2 rings (SSSR count). The lowest BCUT2D eigenvalue weighted by molar-refractivity contribution is 0.0691. The number of hydrogen-bond acceptors (Lipinski definition) is 3. The first kappa shape index (κ1) is 14.9. The molecular formula is C17H18O4. The number of aromatic carboxylic acids is 1. The summed E-state index contributed by atoms with van der Waals surface area (Å²) in [5, 5.41) is 9.26. The molecule has 0 atom stereocenters. The Bertz CT molecular complexity index is 642. The minimum absolute atomic E-state index is 0.0978. The van der Waals surface area contributed by atoms with E-state index in [1.165, 1.54) is 13.2 Å². The van der Waals surface area contributed by atoms with Gasteiger partial charge in [-0.15, -0.1) is 0 Å². The Morgan fingerprint density at radius 1 is 1.10 bits per heavy atom. The Morgan fingerprint density at radius 2 is 1.71 bits per heavy atom. The van der Waals surface area contributed by atoms with Crippen molar-refractivity contribution < 1.29 is 19.4 Å². The summed E-state index contributed by atoms with van der Waals surface area (Å²) in [6.07, 6.45) is 0. The van der Waals surface area contributed by atoms with Crippen molar-refractivity contribution in [2.45, 2.75) is 20.5 Å². The van der Waals surface area contributed by atoms with Gasteiger partial charge in [0.25, 0.3) is 0 Å². The number of hydrogen-bond donors (Lipinski definition) is 1. The molecule has 21 heavy (non-hydrogen) atoms. The normalized spacial score (nSPS) is 10.2. The molecule has 0 bridgehead atoms. The zero-order chi connectivity index (χ0) is 15.4. The maximum atomic E-state index is 11.3. The molecule has 2 aromatic carbocycles. The van der Waals surface area contributed by atoms with Crippen molar-refractivity contribution in [3.05, 3.63) is 58.7 Å². The predicted octanol–water partition coefficient (Wildman–Crippen LogP) is 3.59. The summed E-state index contributed by atoms with van der Waals surface area (Å²) < 4.78 is 11.0. The second kappa shape index (κ2) is 6.31. The fraction of sp³-hybridized carbons (Fsp3) is 0.235. The van der Waals surface area contributed by atoms with Crippen LogP contribution in [0.4, 0.5) is 0 Å². The van der Waals surface area contributed by atoms with Gasteiger partial charge in [0.05, 0.1) is 7.11 Å². The molecule has 110 valence electrons. The number of rotatable bonds is 5. The SMILES string of the molecule is COc1cccc(C(=O)O)c1OCc1c(C)cccc1C. The van der Waals surface area contributed by atoms with Crippen LogP contribution >= 0.6 is 0 Å². The molecule has 1 N–H and O–H groups in total. The van der Waals surface area contributed by atoms with Crippen LogP contribution in [0.2, 0.25) is 0 Å². The lowest BCUT2D eigenvalue weighted by Crippen LogP contribution is -2.06. The average Bonchev–Trinajstić information content (AvgIpc) is 2.46. The molecule has 0 heterocycles. The van der Waals surface area contributed by atoms with E-state index in [1.54, 1.807) is 12.1 Å². The van der Waals surface area contributed by atoms with Crippen molar-refractivity contribution in [1.29, 1.82) is 0 Å². The standard InChI is InChI=1S/C17H18O4/c1-11-6-4-7-12(2)14(11)10-21-16-13(17(18)19)8-5-9-15(16)20-3/h4-9H,10H2,1-3H3,(H,18,19). The van der Waals surface area contributed by atoms with E-state index >= 15 is 0 Å². The molecule has 0 aromatic heterocycles. The van der Waals surface area contributed by atoms with Gasteiger partial charge < -0.3 is 14.6 Å². The van der Waals surface area contributed by atoms with Crippen molar-refractivity contribution in [3.63, 3.8) is 0 Å². The summed E-state index contributed by atoms with van der Waals surface area (Å²) in [6.45, 7) is 4.32. The van der Waals surface area contributed by atoms with Crippen LogP contribution in [-0.4, -0.2) is 18.2 Å². The zero-order valence-electron chi connectivity index (χ0n) is 12.3. The molecule has 0 saturated carbocycles. The molecule has 0 fully saturated rings. The number of benzene rings is 2. The molecule has 0 unspecified atom stereocenters. The fourth-order valence-corrected chi connectivity index (χ4v) is 2.21. The van der Waals surface area contributed by atoms with Crippen molar-refractivity contribution >= 4 is 5.97 Å². The summed E-state index contributed by atoms with van der Waals surface area (Å²) in [6, 6.07) is 10.8. The molecule has 2 aromatic rings. The van der Waals surface area contributed by atoms with Crippen molar-refractivity contribution in [2.24, 2.45) is 0 Å². The second-order valence-corrected chi connectivity index (χ2v) is 4.80. The van der Waals surface area contributed by atoms with Gasteiger partial charge >= 0.3 is 5.97 Å². The van der Waals surface area contributed by atoms with Gasteiger partial charge in [0.1, 0.15) is 12.2 Å². The van der Waals surface area contributed by atoms with Crippen molar-refractivity contribution in [3.8, 4) is 11.5 Å². The molecule has 0 amide bonds. The maximum Gasteiger partial charge on any atom is 0.339 e. The second-order valence-electron chi connectivity index (χ2n) is 4.80. The highest BCUT2D eigenvalue weighted by molar-refractivity contribution is 5.92. The Hall–Kier alpha value is -2.49. The number of aryl methyl sites for hydroxylation is 2. The van der Waals surface area contributed by atoms with Crippen LogP contribution in [0.5, 0.6) is 11.5 Å². The quantitative estimate of drug-likeness (QED) is 0.912. The van der Waals surface area contributed by atoms with E-state index in [2.05, 4.69) is 0 Å². The highest BCUT2D eigenvalue weighted by Gasteiger charge is 2.16. The van der Waals surface area contributed by atoms with Crippen LogP contribution in [0.15, 0.2) is 36.4 Å². The molecule has 0 aliphatic heterocycles. The van der Waals surface area contributed by atoms with Crippen molar-refractivity contribution in [2.75, 3.05) is 7.11 Å². The van der Waals surface area contributed by atoms with Gasteiger partial charge in [-0.2, -0.15) is 0 Å². The Labute approximate surface area is 123 Å². The minimum Gasteiger partial charge on any atom is -0.493 e. The molecule has 4 nitrogen and oxygen atoms in total. The Balaban J connectivity index is 2.33. The first-order valence-electron chi connectivity index (χ1n) is 6.62. The summed E-state index contributed by atoms with van der Waals surface area (Å²) in [7, 11) is 1.49. The fourth-order valence-electron chi connectivity index (χ4n) is 2.21. The third kappa shape index (κ3) is 3.16. The van der Waals surface area contributed by atoms with E-state index in [1.807, 2.05) is 32.0 Å². The van der Waals surface area contributed by atoms with Crippen LogP contribution < -0.4 is 9.47 Å². The van der Waals surface area contributed by atoms with Gasteiger partial charge in [-0.3, -0.25) is 0 Å². The monoisotopic (exact) mass is 286 g/mol. The number of para-hydroxylation sites is 1. The number of ether oxygens (including phenoxy) is 2. The zero-order valence-corrected chi connectivity index (χ0v) is 12.3. The molecular weight excluding hydrogens is 268 g/mol. The van der Waals surface area contributed by atoms with E-state index in [0.717, 1.165) is 16.7 Å². The smallest absolute Gasteiger partial charge is 0.339 e. The third-order valence-corrected chi connectivity index (χ3v) is 3.43. The first-order chi connectivity index (χ1) is 10.0. The van der Waals surface area contributed by atoms with Crippen molar-refractivity contribution in [1.82, 2.24) is 0 Å². The summed E-state index contributed by atoms with van der Waals surface area (Å²) in [5.41, 5.74) is 3.38. The van der Waals surface area contributed by atoms with Crippen LogP contribution in [0.25, 0.3) is 0 Å². The lowest BCUT2D eigenvalue weighted by atomic mass is 10.0. The highest BCUT2D eigenvalue weighted by atomic mass is 16.5. The lowest BCUT2D eigenvalue weighted by Gasteiger charge is -2.15. The van der Waals surface area contributed by atoms with Gasteiger partial charge in [-0.25, -0.2) is 4.79 Å². The van der Waals surface area contributed by atoms with E-state index < -0.39 is 5.97 Å². The van der Waals surface area contributed by atoms with Gasteiger partial charge in [-0.05, 0) is 42.7 Å². The summed E-state index contributed by atoms with van der Waals surface area (Å²) >= 11 is 0. The summed E-state index contributed by atoms with van der Waals surface area (Å²) in [5.74, 6) is -0.360. The predicted molar refractivity (Wildman–Crippen MR) is 80.2 cm³/mol. The maximum absolute atomic E-state index is 11.3. The molecule has 0 aliphatic rings. The largest absolute Gasteiger partial charge is 0.493 e. The number of methoxy groups -OCH3 is 1. The van der Waals surface area contributed by atoms with Crippen LogP contribution in [0, 0.1) is 13.8 Å². The topological polar surface area (TPSA) is 55.8 Å². The molecule has 0 saturated heterocycles. The number of carboxylic acid groups (broad SMARTS) is 1. The minimum atomic E-state index is -1.04. The number of carbonyl (C=O) groups is 1. The van der Waals surface area contributed by atoms with Crippen LogP contribution in [-0.2, 0) is 6.61 Å². The van der Waals surface area contributed by atoms with Gasteiger partial charge in [0, 0.05) is 0 Å². The van der Waals surface area contributed by atoms with Gasteiger partial charge in [0.2, 0.25) is 0 Å². The highest BCUT2D eigenvalue weighted by Crippen LogP contribution is 2.32. The molecule has 4 heteroatoms. The third-order valence-electron chi connectivity index (χ3n) is 3.43. The van der Waals surface area contributed by atoms with Gasteiger partial charge in [0.15, 0.2) is 11.5 Å². The molecule has 0 radical (unpaired) electrons. The van der Waals surface area contributed by atoms with Gasteiger partial charge in [-0.1, -0.05) is 24.3 Å². The van der Waals surface area contributed by atoms with E-state index in [-0.39, 0.29) is 11.3 Å². The molecule has 0 aliphatic carbocycles. The van der Waals surface area contributed by atoms with Crippen LogP contribution in [0.3, 0.4) is 0 Å². The Morgan fingerprint density at radius 3 is 2.29 bits per heavy atom. The number of carboxylic acids is 1. The van der Waals surface area contributed by atoms with E-state index in [9.17, 15) is 9.90 Å². The Kier molecular flexibility index (Phi) is 4.48. The van der Waals surface area contributed by atoms with Crippen LogP contribution in [0.1, 0.15) is 27.0 Å². The average molecular weight is 286 g/mol. The summed E-state index contributed by atoms with van der Waals surface area (Å²) in [4.78, 5) is 11.3. The molecule has 0 spiro atoms. The van der Waals surface area contributed by atoms with E-state index in [4.69, 9.17) is 9.47 Å². The van der Waals surface area contributed by atoms with E-state index in [0.29, 0.717) is 12.4 Å². The first-order valence-corrected chi connectivity index (χ1v) is 6.62.